The summed E-state index contributed by atoms with van der Waals surface area (Å²) in [5, 5.41) is 12.8. The maximum atomic E-state index is 12.9. The molecule has 0 unspecified atom stereocenters. The quantitative estimate of drug-likeness (QED) is 0.393. The minimum absolute atomic E-state index is 0.140. The molecule has 1 aliphatic heterocycles. The predicted molar refractivity (Wildman–Crippen MR) is 93.2 cm³/mol. The minimum atomic E-state index is -0.646. The molecule has 7 heteroatoms. The van der Waals surface area contributed by atoms with Crippen molar-refractivity contribution in [3.8, 4) is 0 Å². The summed E-state index contributed by atoms with van der Waals surface area (Å²) in [7, 11) is 0. The van der Waals surface area contributed by atoms with Crippen molar-refractivity contribution in [3.63, 3.8) is 0 Å². The van der Waals surface area contributed by atoms with E-state index in [1.807, 2.05) is 0 Å². The number of carbonyl (C=O) groups is 2. The van der Waals surface area contributed by atoms with Crippen molar-refractivity contribution < 1.29 is 14.5 Å². The predicted octanol–water partition coefficient (Wildman–Crippen LogP) is 4.20. The lowest BCUT2D eigenvalue weighted by Crippen LogP contribution is -2.40. The molecule has 0 N–H and O–H groups in total. The van der Waals surface area contributed by atoms with Crippen molar-refractivity contribution in [3.05, 3.63) is 80.9 Å². The molecular formula is C18H9ClN2O4. The van der Waals surface area contributed by atoms with Gasteiger partial charge in [0.25, 0.3) is 17.5 Å². The molecule has 0 spiro atoms. The summed E-state index contributed by atoms with van der Waals surface area (Å²) in [5.41, 5.74) is 0.139. The SMILES string of the molecule is O=C1c2cccc3cccc(c23)C(=O)N1c1cc(Cl)ccc1[N+](=O)[O-]. The minimum Gasteiger partial charge on any atom is -0.268 e. The van der Waals surface area contributed by atoms with Gasteiger partial charge in [-0.3, -0.25) is 19.7 Å². The van der Waals surface area contributed by atoms with E-state index in [9.17, 15) is 19.7 Å². The van der Waals surface area contributed by atoms with Crippen molar-refractivity contribution in [2.24, 2.45) is 0 Å². The second-order valence-electron chi connectivity index (χ2n) is 5.55. The Balaban J connectivity index is 2.01. The van der Waals surface area contributed by atoms with Gasteiger partial charge in [-0.05, 0) is 29.7 Å². The zero-order valence-corrected chi connectivity index (χ0v) is 13.4. The van der Waals surface area contributed by atoms with Crippen LogP contribution < -0.4 is 4.90 Å². The molecule has 122 valence electrons. The lowest BCUT2D eigenvalue weighted by molar-refractivity contribution is -0.384. The van der Waals surface area contributed by atoms with Crippen molar-refractivity contribution >= 4 is 45.6 Å². The summed E-state index contributed by atoms with van der Waals surface area (Å²) >= 11 is 5.95. The number of carbonyl (C=O) groups excluding carboxylic acids is 2. The molecule has 3 aromatic rings. The second kappa shape index (κ2) is 5.39. The smallest absolute Gasteiger partial charge is 0.268 e. The number of imide groups is 1. The number of nitro benzene ring substituents is 1. The number of halogens is 1. The summed E-state index contributed by atoms with van der Waals surface area (Å²) in [6.45, 7) is 0. The molecule has 0 saturated carbocycles. The Hall–Kier alpha value is -3.25. The Morgan fingerprint density at radius 2 is 1.52 bits per heavy atom. The highest BCUT2D eigenvalue weighted by Crippen LogP contribution is 2.37. The molecule has 0 aliphatic carbocycles. The van der Waals surface area contributed by atoms with Crippen LogP contribution in [0.15, 0.2) is 54.6 Å². The third-order valence-corrected chi connectivity index (χ3v) is 4.38. The fourth-order valence-corrected chi connectivity index (χ4v) is 3.25. The normalized spacial score (nSPS) is 13.4. The molecule has 2 amide bonds. The van der Waals surface area contributed by atoms with Gasteiger partial charge in [-0.2, -0.15) is 0 Å². The van der Waals surface area contributed by atoms with Gasteiger partial charge in [0.1, 0.15) is 5.69 Å². The van der Waals surface area contributed by atoms with Gasteiger partial charge in [-0.25, -0.2) is 4.90 Å². The Morgan fingerprint density at radius 1 is 0.920 bits per heavy atom. The largest absolute Gasteiger partial charge is 0.293 e. The van der Waals surface area contributed by atoms with Gasteiger partial charge in [0.2, 0.25) is 0 Å². The van der Waals surface area contributed by atoms with E-state index in [2.05, 4.69) is 0 Å². The molecule has 0 atom stereocenters. The van der Waals surface area contributed by atoms with Crippen LogP contribution in [-0.2, 0) is 0 Å². The number of nitrogens with zero attached hydrogens (tertiary/aromatic N) is 2. The maximum absolute atomic E-state index is 12.9. The topological polar surface area (TPSA) is 80.5 Å². The van der Waals surface area contributed by atoms with Gasteiger partial charge in [-0.15, -0.1) is 0 Å². The van der Waals surface area contributed by atoms with Crippen molar-refractivity contribution in [2.45, 2.75) is 0 Å². The van der Waals surface area contributed by atoms with Crippen LogP contribution in [0.4, 0.5) is 11.4 Å². The van der Waals surface area contributed by atoms with E-state index in [1.54, 1.807) is 36.4 Å². The van der Waals surface area contributed by atoms with Gasteiger partial charge in [0, 0.05) is 27.6 Å². The zero-order valence-electron chi connectivity index (χ0n) is 12.6. The number of benzene rings is 3. The van der Waals surface area contributed by atoms with Crippen molar-refractivity contribution in [1.82, 2.24) is 0 Å². The zero-order chi connectivity index (χ0) is 17.7. The molecule has 4 rings (SSSR count). The fourth-order valence-electron chi connectivity index (χ4n) is 3.08. The van der Waals surface area contributed by atoms with Crippen molar-refractivity contribution in [2.75, 3.05) is 4.90 Å². The van der Waals surface area contributed by atoms with Crippen LogP contribution in [0.1, 0.15) is 20.7 Å². The molecule has 0 bridgehead atoms. The Bertz CT molecular complexity index is 1040. The third kappa shape index (κ3) is 2.19. The monoisotopic (exact) mass is 352 g/mol. The van der Waals surface area contributed by atoms with E-state index in [-0.39, 0.29) is 16.4 Å². The number of amides is 2. The highest BCUT2D eigenvalue weighted by Gasteiger charge is 2.37. The Labute approximate surface area is 146 Å². The number of rotatable bonds is 2. The van der Waals surface area contributed by atoms with E-state index in [0.717, 1.165) is 10.3 Å². The Kier molecular flexibility index (Phi) is 3.30. The third-order valence-electron chi connectivity index (χ3n) is 4.15. The van der Waals surface area contributed by atoms with E-state index in [4.69, 9.17) is 11.6 Å². The molecule has 0 aromatic heterocycles. The molecule has 1 heterocycles. The number of nitro groups is 1. The van der Waals surface area contributed by atoms with E-state index in [0.29, 0.717) is 16.5 Å². The van der Waals surface area contributed by atoms with Crippen LogP contribution in [0.2, 0.25) is 5.02 Å². The van der Waals surface area contributed by atoms with E-state index in [1.165, 1.54) is 18.2 Å². The first kappa shape index (κ1) is 15.3. The molecule has 0 saturated heterocycles. The Morgan fingerprint density at radius 3 is 2.08 bits per heavy atom. The second-order valence-corrected chi connectivity index (χ2v) is 5.98. The summed E-state index contributed by atoms with van der Waals surface area (Å²) in [6, 6.07) is 14.0. The average molecular weight is 353 g/mol. The maximum Gasteiger partial charge on any atom is 0.293 e. The van der Waals surface area contributed by atoms with Crippen molar-refractivity contribution in [1.29, 1.82) is 0 Å². The van der Waals surface area contributed by atoms with E-state index < -0.39 is 16.7 Å². The van der Waals surface area contributed by atoms with Crippen LogP contribution in [0.3, 0.4) is 0 Å². The average Bonchev–Trinajstić information content (AvgIpc) is 2.59. The van der Waals surface area contributed by atoms with Gasteiger partial charge in [0.05, 0.1) is 4.92 Å². The molecule has 25 heavy (non-hydrogen) atoms. The highest BCUT2D eigenvalue weighted by molar-refractivity contribution is 6.37. The lowest BCUT2D eigenvalue weighted by Gasteiger charge is -2.27. The van der Waals surface area contributed by atoms with Crippen LogP contribution >= 0.6 is 11.6 Å². The summed E-state index contributed by atoms with van der Waals surface area (Å²) < 4.78 is 0. The van der Waals surface area contributed by atoms with Crippen LogP contribution in [0.5, 0.6) is 0 Å². The molecule has 0 fully saturated rings. The summed E-state index contributed by atoms with van der Waals surface area (Å²) in [4.78, 5) is 37.4. The molecule has 1 aliphatic rings. The van der Waals surface area contributed by atoms with Gasteiger partial charge >= 0.3 is 0 Å². The molecule has 6 nitrogen and oxygen atoms in total. The highest BCUT2D eigenvalue weighted by atomic mass is 35.5. The van der Waals surface area contributed by atoms with Gasteiger partial charge in [-0.1, -0.05) is 35.9 Å². The van der Waals surface area contributed by atoms with E-state index >= 15 is 0 Å². The van der Waals surface area contributed by atoms with Crippen LogP contribution in [-0.4, -0.2) is 16.7 Å². The first-order valence-corrected chi connectivity index (χ1v) is 7.71. The molecule has 0 radical (unpaired) electrons. The van der Waals surface area contributed by atoms with Gasteiger partial charge in [0.15, 0.2) is 0 Å². The first-order chi connectivity index (χ1) is 12.0. The van der Waals surface area contributed by atoms with Crippen LogP contribution in [0.25, 0.3) is 10.8 Å². The lowest BCUT2D eigenvalue weighted by atomic mass is 9.93. The number of hydrogen-bond acceptors (Lipinski definition) is 4. The van der Waals surface area contributed by atoms with Crippen LogP contribution in [0, 0.1) is 10.1 Å². The summed E-state index contributed by atoms with van der Waals surface area (Å²) in [6.07, 6.45) is 0. The molecular weight excluding hydrogens is 344 g/mol. The molecule has 3 aromatic carbocycles. The first-order valence-electron chi connectivity index (χ1n) is 7.33. The van der Waals surface area contributed by atoms with Gasteiger partial charge < -0.3 is 0 Å². The number of hydrogen-bond donors (Lipinski definition) is 0. The fraction of sp³-hybridized carbons (Fsp3) is 0. The standard InChI is InChI=1S/C18H9ClN2O4/c19-11-7-8-14(21(24)25)15(9-11)20-17(22)12-5-1-3-10-4-2-6-13(16(10)12)18(20)23/h1-9H. The summed E-state index contributed by atoms with van der Waals surface area (Å²) in [5.74, 6) is -1.22. The number of anilines is 1.